The molecule has 208 valence electrons. The molecule has 7 nitrogen and oxygen atoms in total. The van der Waals surface area contributed by atoms with Gasteiger partial charge in [-0.15, -0.1) is 13.2 Å². The number of carbonyl (C=O) groups is 3. The first-order chi connectivity index (χ1) is 18.4. The molecule has 2 N–H and O–H groups in total. The minimum absolute atomic E-state index is 0.0335. The van der Waals surface area contributed by atoms with Crippen molar-refractivity contribution in [1.29, 1.82) is 0 Å². The van der Waals surface area contributed by atoms with E-state index in [0.29, 0.717) is 31.7 Å². The van der Waals surface area contributed by atoms with Crippen molar-refractivity contribution in [2.45, 2.75) is 89.3 Å². The molecule has 1 aliphatic heterocycles. The van der Waals surface area contributed by atoms with E-state index in [1.54, 1.807) is 17.1 Å². The first kappa shape index (κ1) is 29.6. The number of esters is 1. The van der Waals surface area contributed by atoms with Crippen LogP contribution < -0.4 is 5.32 Å². The highest BCUT2D eigenvalue weighted by atomic mass is 16.5. The molecular formula is C31H44N2O5. The SMILES string of the molecule is C=CCCC(=O)OCC(CC1CCCCC1)NC(=O)C(CC=C)CC(=O)N1Cc2ccccc2CC1CO. The van der Waals surface area contributed by atoms with E-state index < -0.39 is 5.92 Å². The number of aliphatic hydroxyl groups excluding tert-OH is 1. The largest absolute Gasteiger partial charge is 0.463 e. The summed E-state index contributed by atoms with van der Waals surface area (Å²) in [5.41, 5.74) is 2.21. The average molecular weight is 525 g/mol. The summed E-state index contributed by atoms with van der Waals surface area (Å²) in [5.74, 6) is -0.772. The molecule has 0 aromatic heterocycles. The first-order valence-corrected chi connectivity index (χ1v) is 14.1. The van der Waals surface area contributed by atoms with E-state index in [0.717, 1.165) is 30.4 Å². The molecule has 1 saturated carbocycles. The topological polar surface area (TPSA) is 95.9 Å². The highest BCUT2D eigenvalue weighted by molar-refractivity contribution is 5.86. The number of benzene rings is 1. The van der Waals surface area contributed by atoms with E-state index in [2.05, 4.69) is 18.5 Å². The van der Waals surface area contributed by atoms with Crippen LogP contribution in [0.2, 0.25) is 0 Å². The lowest BCUT2D eigenvalue weighted by molar-refractivity contribution is -0.145. The van der Waals surface area contributed by atoms with E-state index in [4.69, 9.17) is 4.74 Å². The Labute approximate surface area is 227 Å². The molecular weight excluding hydrogens is 480 g/mol. The summed E-state index contributed by atoms with van der Waals surface area (Å²) in [6.45, 7) is 7.87. The zero-order valence-corrected chi connectivity index (χ0v) is 22.6. The number of rotatable bonds is 14. The lowest BCUT2D eigenvalue weighted by atomic mass is 9.84. The monoisotopic (exact) mass is 524 g/mol. The summed E-state index contributed by atoms with van der Waals surface area (Å²) >= 11 is 0. The van der Waals surface area contributed by atoms with Crippen LogP contribution >= 0.6 is 0 Å². The molecule has 1 heterocycles. The molecule has 3 rings (SSSR count). The van der Waals surface area contributed by atoms with E-state index in [1.807, 2.05) is 24.3 Å². The third-order valence-electron chi connectivity index (χ3n) is 7.82. The number of amides is 2. The Kier molecular flexibility index (Phi) is 12.1. The fourth-order valence-electron chi connectivity index (χ4n) is 5.65. The molecule has 1 aromatic rings. The highest BCUT2D eigenvalue weighted by Crippen LogP contribution is 2.28. The second-order valence-corrected chi connectivity index (χ2v) is 10.7. The second kappa shape index (κ2) is 15.5. The van der Waals surface area contributed by atoms with Crippen LogP contribution in [0.5, 0.6) is 0 Å². The van der Waals surface area contributed by atoms with E-state index >= 15 is 0 Å². The number of ether oxygens (including phenoxy) is 1. The Hall–Kier alpha value is -2.93. The Morgan fingerprint density at radius 1 is 1.11 bits per heavy atom. The van der Waals surface area contributed by atoms with Crippen molar-refractivity contribution < 1.29 is 24.2 Å². The summed E-state index contributed by atoms with van der Waals surface area (Å²) in [6, 6.07) is 7.35. The van der Waals surface area contributed by atoms with Crippen molar-refractivity contribution in [3.8, 4) is 0 Å². The molecule has 0 radical (unpaired) electrons. The third-order valence-corrected chi connectivity index (χ3v) is 7.82. The van der Waals surface area contributed by atoms with Crippen LogP contribution in [0.4, 0.5) is 0 Å². The van der Waals surface area contributed by atoms with Crippen molar-refractivity contribution >= 4 is 17.8 Å². The maximum absolute atomic E-state index is 13.4. The standard InChI is InChI=1S/C31H44N2O5/c1-3-5-16-30(36)38-22-27(17-23-12-7-6-8-13-23)32-31(37)25(11-4-2)19-29(35)33-20-26-15-10-9-14-24(26)18-28(33)21-34/h3-4,9-10,14-15,23,25,27-28,34H,1-2,5-8,11-13,16-22H2,(H,32,37). The van der Waals surface area contributed by atoms with E-state index in [1.165, 1.54) is 19.3 Å². The van der Waals surface area contributed by atoms with Crippen molar-refractivity contribution in [1.82, 2.24) is 10.2 Å². The Balaban J connectivity index is 1.65. The molecule has 1 aliphatic carbocycles. The van der Waals surface area contributed by atoms with Crippen LogP contribution in [0.3, 0.4) is 0 Å². The highest BCUT2D eigenvalue weighted by Gasteiger charge is 2.32. The lowest BCUT2D eigenvalue weighted by Crippen LogP contribution is -2.48. The molecule has 0 bridgehead atoms. The number of aliphatic hydroxyl groups is 1. The number of carbonyl (C=O) groups excluding carboxylic acids is 3. The third kappa shape index (κ3) is 8.83. The van der Waals surface area contributed by atoms with Crippen LogP contribution in [0.25, 0.3) is 0 Å². The van der Waals surface area contributed by atoms with Crippen molar-refractivity contribution in [2.24, 2.45) is 11.8 Å². The van der Waals surface area contributed by atoms with Crippen molar-refractivity contribution in [3.63, 3.8) is 0 Å². The fourth-order valence-corrected chi connectivity index (χ4v) is 5.65. The molecule has 0 spiro atoms. The van der Waals surface area contributed by atoms with Crippen molar-refractivity contribution in [2.75, 3.05) is 13.2 Å². The second-order valence-electron chi connectivity index (χ2n) is 10.7. The molecule has 38 heavy (non-hydrogen) atoms. The molecule has 1 aromatic carbocycles. The maximum Gasteiger partial charge on any atom is 0.306 e. The molecule has 0 saturated heterocycles. The smallest absolute Gasteiger partial charge is 0.306 e. The molecule has 7 heteroatoms. The van der Waals surface area contributed by atoms with Gasteiger partial charge in [-0.05, 0) is 42.7 Å². The summed E-state index contributed by atoms with van der Waals surface area (Å²) in [5, 5.41) is 13.1. The van der Waals surface area contributed by atoms with Gasteiger partial charge in [0.25, 0.3) is 0 Å². The minimum atomic E-state index is -0.582. The van der Waals surface area contributed by atoms with Gasteiger partial charge in [0, 0.05) is 19.4 Å². The van der Waals surface area contributed by atoms with Crippen LogP contribution in [-0.2, 0) is 32.1 Å². The van der Waals surface area contributed by atoms with Crippen LogP contribution in [0.1, 0.15) is 75.3 Å². The molecule has 3 unspecified atom stereocenters. The van der Waals surface area contributed by atoms with Gasteiger partial charge in [0.1, 0.15) is 6.61 Å². The van der Waals surface area contributed by atoms with Gasteiger partial charge >= 0.3 is 5.97 Å². The quantitative estimate of drug-likeness (QED) is 0.276. The van der Waals surface area contributed by atoms with Crippen LogP contribution in [-0.4, -0.2) is 53.1 Å². The van der Waals surface area contributed by atoms with Gasteiger partial charge in [-0.3, -0.25) is 14.4 Å². The first-order valence-electron chi connectivity index (χ1n) is 14.1. The number of hydrogen-bond acceptors (Lipinski definition) is 5. The molecule has 3 atom stereocenters. The van der Waals surface area contributed by atoms with Gasteiger partial charge in [0.05, 0.1) is 24.6 Å². The Morgan fingerprint density at radius 3 is 2.53 bits per heavy atom. The molecule has 2 amide bonds. The number of nitrogens with one attached hydrogen (secondary N) is 1. The van der Waals surface area contributed by atoms with Gasteiger partial charge in [0.15, 0.2) is 0 Å². The van der Waals surface area contributed by atoms with Crippen LogP contribution in [0, 0.1) is 11.8 Å². The fraction of sp³-hybridized carbons (Fsp3) is 0.581. The van der Waals surface area contributed by atoms with Gasteiger partial charge in [-0.25, -0.2) is 0 Å². The van der Waals surface area contributed by atoms with E-state index in [-0.39, 0.29) is 55.9 Å². The zero-order valence-electron chi connectivity index (χ0n) is 22.6. The van der Waals surface area contributed by atoms with Gasteiger partial charge < -0.3 is 20.1 Å². The zero-order chi connectivity index (χ0) is 27.3. The van der Waals surface area contributed by atoms with Gasteiger partial charge in [-0.2, -0.15) is 0 Å². The number of nitrogens with zero attached hydrogens (tertiary/aromatic N) is 1. The molecule has 2 aliphatic rings. The summed E-state index contributed by atoms with van der Waals surface area (Å²) in [6.07, 6.45) is 11.8. The predicted octanol–water partition coefficient (Wildman–Crippen LogP) is 4.48. The molecule has 1 fully saturated rings. The average Bonchev–Trinajstić information content (AvgIpc) is 2.94. The predicted molar refractivity (Wildman–Crippen MR) is 148 cm³/mol. The Bertz CT molecular complexity index is 955. The van der Waals surface area contributed by atoms with Crippen LogP contribution in [0.15, 0.2) is 49.6 Å². The summed E-state index contributed by atoms with van der Waals surface area (Å²) in [4.78, 5) is 40.7. The normalized spacial score (nSPS) is 19.1. The van der Waals surface area contributed by atoms with Crippen molar-refractivity contribution in [3.05, 3.63) is 60.7 Å². The van der Waals surface area contributed by atoms with E-state index in [9.17, 15) is 19.5 Å². The number of allylic oxidation sites excluding steroid dienone is 2. The maximum atomic E-state index is 13.4. The number of hydrogen-bond donors (Lipinski definition) is 2. The summed E-state index contributed by atoms with van der Waals surface area (Å²) < 4.78 is 5.50. The van der Waals surface area contributed by atoms with Gasteiger partial charge in [0.2, 0.25) is 11.8 Å². The van der Waals surface area contributed by atoms with Gasteiger partial charge in [-0.1, -0.05) is 68.5 Å². The lowest BCUT2D eigenvalue weighted by Gasteiger charge is -2.36. The number of fused-ring (bicyclic) bond motifs is 1. The Morgan fingerprint density at radius 2 is 1.84 bits per heavy atom. The summed E-state index contributed by atoms with van der Waals surface area (Å²) in [7, 11) is 0. The minimum Gasteiger partial charge on any atom is -0.463 e.